The van der Waals surface area contributed by atoms with Crippen LogP contribution >= 0.6 is 22.6 Å². The Balaban J connectivity index is 2.39. The topological polar surface area (TPSA) is 9.23 Å². The number of ether oxygens (including phenoxy) is 1. The number of hydrogen-bond donors (Lipinski definition) is 0. The largest absolute Gasteiger partial charge is 0.496 e. The molecular weight excluding hydrogens is 347 g/mol. The van der Waals surface area contributed by atoms with E-state index in [0.717, 1.165) is 9.32 Å². The average molecular weight is 360 g/mol. The van der Waals surface area contributed by atoms with Crippen molar-refractivity contribution >= 4 is 33.4 Å². The molecule has 94 valence electrons. The second kappa shape index (κ2) is 5.21. The van der Waals surface area contributed by atoms with E-state index in [9.17, 15) is 0 Å². The van der Waals surface area contributed by atoms with E-state index in [-0.39, 0.29) is 0 Å². The summed E-state index contributed by atoms with van der Waals surface area (Å²) in [5.74, 6) is 0.929. The molecule has 3 aromatic carbocycles. The molecule has 0 heterocycles. The van der Waals surface area contributed by atoms with Gasteiger partial charge < -0.3 is 4.74 Å². The van der Waals surface area contributed by atoms with Crippen LogP contribution < -0.4 is 4.74 Å². The van der Waals surface area contributed by atoms with Crippen molar-refractivity contribution in [2.45, 2.75) is 0 Å². The first kappa shape index (κ1) is 12.5. The molecule has 0 aromatic heterocycles. The maximum Gasteiger partial charge on any atom is 0.133 e. The normalized spacial score (nSPS) is 10.6. The first-order chi connectivity index (χ1) is 9.31. The molecule has 0 saturated carbocycles. The minimum atomic E-state index is 0.929. The van der Waals surface area contributed by atoms with Gasteiger partial charge in [0.25, 0.3) is 0 Å². The summed E-state index contributed by atoms with van der Waals surface area (Å²) in [7, 11) is 1.72. The first-order valence-corrected chi connectivity index (χ1v) is 7.20. The molecule has 3 aromatic rings. The van der Waals surface area contributed by atoms with Gasteiger partial charge in [0.1, 0.15) is 5.75 Å². The third-order valence-electron chi connectivity index (χ3n) is 3.25. The van der Waals surface area contributed by atoms with Gasteiger partial charge in [-0.3, -0.25) is 0 Å². The third kappa shape index (κ3) is 2.21. The van der Waals surface area contributed by atoms with Gasteiger partial charge in [-0.15, -0.1) is 0 Å². The number of rotatable bonds is 2. The summed E-state index contributed by atoms with van der Waals surface area (Å²) < 4.78 is 6.67. The lowest BCUT2D eigenvalue weighted by atomic mass is 9.98. The number of benzene rings is 3. The highest BCUT2D eigenvalue weighted by molar-refractivity contribution is 14.1. The van der Waals surface area contributed by atoms with Gasteiger partial charge in [-0.05, 0) is 50.6 Å². The van der Waals surface area contributed by atoms with E-state index in [1.807, 2.05) is 6.07 Å². The summed E-state index contributed by atoms with van der Waals surface area (Å²) >= 11 is 2.35. The number of fused-ring (bicyclic) bond motifs is 1. The summed E-state index contributed by atoms with van der Waals surface area (Å²) in [6.07, 6.45) is 0. The molecule has 0 bridgehead atoms. The number of hydrogen-bond acceptors (Lipinski definition) is 1. The molecule has 0 spiro atoms. The standard InChI is InChI=1S/C17H13IO/c1-19-16-11-15(12-7-3-2-4-8-12)13-9-5-6-10-14(13)17(16)18/h2-11H,1H3. The molecule has 0 amide bonds. The van der Waals surface area contributed by atoms with Crippen LogP contribution in [0.3, 0.4) is 0 Å². The Morgan fingerprint density at radius 3 is 2.16 bits per heavy atom. The Morgan fingerprint density at radius 2 is 1.47 bits per heavy atom. The number of methoxy groups -OCH3 is 1. The molecule has 0 atom stereocenters. The van der Waals surface area contributed by atoms with Gasteiger partial charge >= 0.3 is 0 Å². The Morgan fingerprint density at radius 1 is 0.842 bits per heavy atom. The fourth-order valence-corrected chi connectivity index (χ4v) is 3.17. The Kier molecular flexibility index (Phi) is 3.42. The smallest absolute Gasteiger partial charge is 0.133 e. The fourth-order valence-electron chi connectivity index (χ4n) is 2.32. The van der Waals surface area contributed by atoms with Gasteiger partial charge in [-0.2, -0.15) is 0 Å². The second-order valence-electron chi connectivity index (χ2n) is 4.35. The zero-order chi connectivity index (χ0) is 13.2. The predicted octanol–water partition coefficient (Wildman–Crippen LogP) is 5.12. The molecule has 1 nitrogen and oxygen atoms in total. The minimum Gasteiger partial charge on any atom is -0.496 e. The molecule has 0 unspecified atom stereocenters. The van der Waals surface area contributed by atoms with Crippen LogP contribution in [0.2, 0.25) is 0 Å². The summed E-state index contributed by atoms with van der Waals surface area (Å²) in [4.78, 5) is 0. The van der Waals surface area contributed by atoms with E-state index < -0.39 is 0 Å². The summed E-state index contributed by atoms with van der Waals surface area (Å²) in [5, 5.41) is 2.50. The lowest BCUT2D eigenvalue weighted by Crippen LogP contribution is -1.91. The third-order valence-corrected chi connectivity index (χ3v) is 4.36. The maximum atomic E-state index is 5.51. The van der Waals surface area contributed by atoms with Crippen molar-refractivity contribution in [2.75, 3.05) is 7.11 Å². The van der Waals surface area contributed by atoms with Crippen LogP contribution in [0, 0.1) is 3.57 Å². The molecule has 0 aliphatic rings. The predicted molar refractivity (Wildman–Crippen MR) is 88.7 cm³/mol. The van der Waals surface area contributed by atoms with Crippen LogP contribution in [0.5, 0.6) is 5.75 Å². The van der Waals surface area contributed by atoms with E-state index >= 15 is 0 Å². The number of halogens is 1. The average Bonchev–Trinajstić information content (AvgIpc) is 2.49. The van der Waals surface area contributed by atoms with Gasteiger partial charge in [0, 0.05) is 0 Å². The highest BCUT2D eigenvalue weighted by Gasteiger charge is 2.11. The molecule has 0 radical (unpaired) electrons. The van der Waals surface area contributed by atoms with Crippen molar-refractivity contribution in [3.63, 3.8) is 0 Å². The molecule has 0 aliphatic heterocycles. The van der Waals surface area contributed by atoms with E-state index in [4.69, 9.17) is 4.74 Å². The lowest BCUT2D eigenvalue weighted by molar-refractivity contribution is 0.413. The maximum absolute atomic E-state index is 5.51. The molecule has 2 heteroatoms. The van der Waals surface area contributed by atoms with Crippen LogP contribution in [-0.4, -0.2) is 7.11 Å². The van der Waals surface area contributed by atoms with E-state index in [0.29, 0.717) is 0 Å². The Hall–Kier alpha value is -1.55. The van der Waals surface area contributed by atoms with Crippen molar-refractivity contribution in [2.24, 2.45) is 0 Å². The minimum absolute atomic E-state index is 0.929. The van der Waals surface area contributed by atoms with Gasteiger partial charge in [0.15, 0.2) is 0 Å². The lowest BCUT2D eigenvalue weighted by Gasteiger charge is -2.12. The molecule has 19 heavy (non-hydrogen) atoms. The fraction of sp³-hybridized carbons (Fsp3) is 0.0588. The molecule has 0 saturated heterocycles. The monoisotopic (exact) mass is 360 g/mol. The van der Waals surface area contributed by atoms with E-state index in [1.54, 1.807) is 7.11 Å². The van der Waals surface area contributed by atoms with E-state index in [1.165, 1.54) is 21.9 Å². The zero-order valence-corrected chi connectivity index (χ0v) is 12.7. The molecule has 3 rings (SSSR count). The molecule has 0 fully saturated rings. The quantitative estimate of drug-likeness (QED) is 0.577. The summed E-state index contributed by atoms with van der Waals surface area (Å²) in [6.45, 7) is 0. The van der Waals surface area contributed by atoms with Crippen LogP contribution in [0.25, 0.3) is 21.9 Å². The Bertz CT molecular complexity index is 720. The summed E-state index contributed by atoms with van der Waals surface area (Å²) in [5.41, 5.74) is 2.43. The van der Waals surface area contributed by atoms with Gasteiger partial charge in [0.2, 0.25) is 0 Å². The molecule has 0 aliphatic carbocycles. The van der Waals surface area contributed by atoms with Crippen LogP contribution in [0.15, 0.2) is 60.7 Å². The van der Waals surface area contributed by atoms with Gasteiger partial charge in [0.05, 0.1) is 10.7 Å². The summed E-state index contributed by atoms with van der Waals surface area (Å²) in [6, 6.07) is 21.0. The molecular formula is C17H13IO. The van der Waals surface area contributed by atoms with Gasteiger partial charge in [-0.25, -0.2) is 0 Å². The van der Waals surface area contributed by atoms with Crippen molar-refractivity contribution in [3.05, 3.63) is 64.2 Å². The van der Waals surface area contributed by atoms with E-state index in [2.05, 4.69) is 77.2 Å². The van der Waals surface area contributed by atoms with Crippen LogP contribution in [-0.2, 0) is 0 Å². The highest BCUT2D eigenvalue weighted by Crippen LogP contribution is 2.37. The Labute approximate surface area is 126 Å². The first-order valence-electron chi connectivity index (χ1n) is 6.12. The van der Waals surface area contributed by atoms with Crippen molar-refractivity contribution < 1.29 is 4.74 Å². The van der Waals surface area contributed by atoms with Crippen LogP contribution in [0.4, 0.5) is 0 Å². The van der Waals surface area contributed by atoms with Crippen molar-refractivity contribution in [1.29, 1.82) is 0 Å². The van der Waals surface area contributed by atoms with Crippen molar-refractivity contribution in [1.82, 2.24) is 0 Å². The zero-order valence-electron chi connectivity index (χ0n) is 10.6. The molecule has 0 N–H and O–H groups in total. The van der Waals surface area contributed by atoms with Gasteiger partial charge in [-0.1, -0.05) is 54.6 Å². The van der Waals surface area contributed by atoms with Crippen LogP contribution in [0.1, 0.15) is 0 Å². The second-order valence-corrected chi connectivity index (χ2v) is 5.43. The van der Waals surface area contributed by atoms with Crippen molar-refractivity contribution in [3.8, 4) is 16.9 Å². The SMILES string of the molecule is COc1cc(-c2ccccc2)c2ccccc2c1I. The highest BCUT2D eigenvalue weighted by atomic mass is 127.